The molecule has 3 rings (SSSR count). The van der Waals surface area contributed by atoms with Crippen LogP contribution in [0.2, 0.25) is 0 Å². The van der Waals surface area contributed by atoms with E-state index in [1.54, 1.807) is 11.3 Å². The Hall–Kier alpha value is -2.22. The van der Waals surface area contributed by atoms with Gasteiger partial charge in [-0.15, -0.1) is 23.7 Å². The molecule has 0 saturated heterocycles. The van der Waals surface area contributed by atoms with Crippen LogP contribution in [0.25, 0.3) is 10.7 Å². The lowest BCUT2D eigenvalue weighted by molar-refractivity contribution is -0.116. The molecule has 0 saturated carbocycles. The number of hydrogen-bond donors (Lipinski definition) is 2. The summed E-state index contributed by atoms with van der Waals surface area (Å²) in [5.74, 6) is 0.973. The van der Waals surface area contributed by atoms with E-state index in [9.17, 15) is 4.79 Å². The van der Waals surface area contributed by atoms with Crippen LogP contribution in [0, 0.1) is 0 Å². The van der Waals surface area contributed by atoms with E-state index in [0.717, 1.165) is 29.2 Å². The highest BCUT2D eigenvalue weighted by molar-refractivity contribution is 7.13. The summed E-state index contributed by atoms with van der Waals surface area (Å²) in [5.41, 5.74) is 1.90. The molecular weight excluding hydrogens is 372 g/mol. The Kier molecular flexibility index (Phi) is 7.77. The van der Waals surface area contributed by atoms with Crippen LogP contribution in [0.1, 0.15) is 24.8 Å². The van der Waals surface area contributed by atoms with E-state index in [1.807, 2.05) is 41.8 Å². The largest absolute Gasteiger partial charge is 0.339 e. The third-order valence-corrected chi connectivity index (χ3v) is 4.50. The van der Waals surface area contributed by atoms with Crippen molar-refractivity contribution in [1.29, 1.82) is 0 Å². The van der Waals surface area contributed by atoms with E-state index in [2.05, 4.69) is 27.7 Å². The summed E-state index contributed by atoms with van der Waals surface area (Å²) in [6.07, 6.45) is 0.710. The Morgan fingerprint density at radius 1 is 1.23 bits per heavy atom. The molecule has 138 valence electrons. The van der Waals surface area contributed by atoms with Gasteiger partial charge in [0.15, 0.2) is 0 Å². The fraction of sp³-hybridized carbons (Fsp3) is 0.278. The van der Waals surface area contributed by atoms with E-state index in [1.165, 1.54) is 0 Å². The first kappa shape index (κ1) is 20.1. The number of nitrogens with zero attached hydrogens (tertiary/aromatic N) is 2. The maximum atomic E-state index is 12.2. The van der Waals surface area contributed by atoms with Crippen molar-refractivity contribution in [1.82, 2.24) is 15.5 Å². The first-order chi connectivity index (χ1) is 12.3. The minimum absolute atomic E-state index is 0. The number of halogens is 1. The van der Waals surface area contributed by atoms with E-state index in [4.69, 9.17) is 4.52 Å². The minimum atomic E-state index is -0.0696. The number of carbonyl (C=O) groups excluding carboxylic acids is 1. The van der Waals surface area contributed by atoms with Crippen LogP contribution in [0.3, 0.4) is 0 Å². The fourth-order valence-corrected chi connectivity index (χ4v) is 3.00. The highest BCUT2D eigenvalue weighted by atomic mass is 35.5. The highest BCUT2D eigenvalue weighted by Gasteiger charge is 2.12. The molecule has 3 aromatic rings. The molecular formula is C18H21ClN4O2S. The minimum Gasteiger partial charge on any atom is -0.339 e. The van der Waals surface area contributed by atoms with Crippen LogP contribution < -0.4 is 10.6 Å². The van der Waals surface area contributed by atoms with Crippen molar-refractivity contribution in [3.8, 4) is 10.7 Å². The standard InChI is InChI=1S/C18H20N4O2S.ClH/c1-2-19-12-13-6-3-4-7-14(13)20-16(23)9-10-17-21-18(22-24-17)15-8-5-11-25-15;/h3-8,11,19H,2,9-10,12H2,1H3,(H,20,23);1H. The van der Waals surface area contributed by atoms with Gasteiger partial charge in [0, 0.05) is 25.1 Å². The number of hydrogen-bond acceptors (Lipinski definition) is 6. The van der Waals surface area contributed by atoms with Gasteiger partial charge in [0.25, 0.3) is 0 Å². The summed E-state index contributed by atoms with van der Waals surface area (Å²) in [6.45, 7) is 3.66. The van der Waals surface area contributed by atoms with Crippen LogP contribution in [0.4, 0.5) is 5.69 Å². The van der Waals surface area contributed by atoms with Gasteiger partial charge in [0.1, 0.15) is 0 Å². The second kappa shape index (κ2) is 10.1. The van der Waals surface area contributed by atoms with Gasteiger partial charge in [-0.3, -0.25) is 4.79 Å². The van der Waals surface area contributed by atoms with Crippen LogP contribution in [-0.2, 0) is 17.8 Å². The molecule has 1 aromatic carbocycles. The Morgan fingerprint density at radius 3 is 2.85 bits per heavy atom. The first-order valence-corrected chi connectivity index (χ1v) is 9.09. The zero-order valence-corrected chi connectivity index (χ0v) is 16.0. The van der Waals surface area contributed by atoms with Crippen LogP contribution in [0.15, 0.2) is 46.3 Å². The van der Waals surface area contributed by atoms with E-state index < -0.39 is 0 Å². The monoisotopic (exact) mass is 392 g/mol. The summed E-state index contributed by atoms with van der Waals surface area (Å²) in [7, 11) is 0. The molecule has 0 aliphatic heterocycles. The Balaban J connectivity index is 0.00000243. The number of benzene rings is 1. The lowest BCUT2D eigenvalue weighted by Gasteiger charge is -2.11. The van der Waals surface area contributed by atoms with Crippen molar-refractivity contribution >= 4 is 35.3 Å². The van der Waals surface area contributed by atoms with Crippen LogP contribution in [0.5, 0.6) is 0 Å². The lowest BCUT2D eigenvalue weighted by atomic mass is 10.1. The number of para-hydroxylation sites is 1. The van der Waals surface area contributed by atoms with Gasteiger partial charge in [-0.05, 0) is 29.6 Å². The Labute approximate surface area is 162 Å². The topological polar surface area (TPSA) is 80.0 Å². The lowest BCUT2D eigenvalue weighted by Crippen LogP contribution is -2.17. The van der Waals surface area contributed by atoms with Crippen LogP contribution in [-0.4, -0.2) is 22.6 Å². The summed E-state index contributed by atoms with van der Waals surface area (Å²) in [4.78, 5) is 17.5. The average Bonchev–Trinajstić information content (AvgIpc) is 3.30. The van der Waals surface area contributed by atoms with Crippen molar-refractivity contribution in [2.24, 2.45) is 0 Å². The third kappa shape index (κ3) is 5.39. The van der Waals surface area contributed by atoms with Crippen molar-refractivity contribution < 1.29 is 9.32 Å². The van der Waals surface area contributed by atoms with Crippen molar-refractivity contribution in [3.63, 3.8) is 0 Å². The molecule has 6 nitrogen and oxygen atoms in total. The molecule has 0 radical (unpaired) electrons. The molecule has 1 amide bonds. The van der Waals surface area contributed by atoms with Crippen molar-refractivity contribution in [2.45, 2.75) is 26.3 Å². The maximum Gasteiger partial charge on any atom is 0.227 e. The Morgan fingerprint density at radius 2 is 2.08 bits per heavy atom. The van der Waals surface area contributed by atoms with Gasteiger partial charge in [0.2, 0.25) is 17.6 Å². The molecule has 0 spiro atoms. The molecule has 0 bridgehead atoms. The number of anilines is 1. The Bertz CT molecular complexity index is 820. The summed E-state index contributed by atoms with van der Waals surface area (Å²) < 4.78 is 5.22. The SMILES string of the molecule is CCNCc1ccccc1NC(=O)CCc1nc(-c2cccs2)no1.Cl. The van der Waals surface area contributed by atoms with Crippen LogP contribution >= 0.6 is 23.7 Å². The smallest absolute Gasteiger partial charge is 0.227 e. The number of thiophene rings is 1. The number of amides is 1. The zero-order chi connectivity index (χ0) is 17.5. The van der Waals surface area contributed by atoms with E-state index >= 15 is 0 Å². The van der Waals surface area contributed by atoms with Gasteiger partial charge in [-0.25, -0.2) is 0 Å². The number of aryl methyl sites for hydroxylation is 1. The van der Waals surface area contributed by atoms with Crippen molar-refractivity contribution in [3.05, 3.63) is 53.2 Å². The summed E-state index contributed by atoms with van der Waals surface area (Å²) in [5, 5.41) is 12.1. The molecule has 0 unspecified atom stereocenters. The second-order valence-electron chi connectivity index (χ2n) is 5.47. The van der Waals surface area contributed by atoms with E-state index in [-0.39, 0.29) is 18.3 Å². The quantitative estimate of drug-likeness (QED) is 0.607. The van der Waals surface area contributed by atoms with Crippen molar-refractivity contribution in [2.75, 3.05) is 11.9 Å². The molecule has 0 atom stereocenters. The molecule has 26 heavy (non-hydrogen) atoms. The molecule has 0 fully saturated rings. The molecule has 8 heteroatoms. The fourth-order valence-electron chi connectivity index (χ4n) is 2.35. The molecule has 2 N–H and O–H groups in total. The van der Waals surface area contributed by atoms with E-state index in [0.29, 0.717) is 24.6 Å². The first-order valence-electron chi connectivity index (χ1n) is 8.21. The number of aromatic nitrogens is 2. The third-order valence-electron chi connectivity index (χ3n) is 3.63. The highest BCUT2D eigenvalue weighted by Crippen LogP contribution is 2.21. The molecule has 0 aliphatic rings. The average molecular weight is 393 g/mol. The molecule has 0 aliphatic carbocycles. The van der Waals surface area contributed by atoms with Gasteiger partial charge in [-0.1, -0.05) is 36.3 Å². The zero-order valence-electron chi connectivity index (χ0n) is 14.4. The molecule has 2 aromatic heterocycles. The number of rotatable bonds is 8. The molecule has 2 heterocycles. The maximum absolute atomic E-state index is 12.2. The predicted octanol–water partition coefficient (Wildman–Crippen LogP) is 3.90. The predicted molar refractivity (Wildman–Crippen MR) is 106 cm³/mol. The van der Waals surface area contributed by atoms with Gasteiger partial charge in [0.05, 0.1) is 4.88 Å². The number of nitrogens with one attached hydrogen (secondary N) is 2. The normalized spacial score (nSPS) is 10.3. The number of carbonyl (C=O) groups is 1. The van der Waals surface area contributed by atoms with Gasteiger partial charge in [-0.2, -0.15) is 4.98 Å². The van der Waals surface area contributed by atoms with Gasteiger partial charge >= 0.3 is 0 Å². The summed E-state index contributed by atoms with van der Waals surface area (Å²) >= 11 is 1.55. The van der Waals surface area contributed by atoms with Gasteiger partial charge < -0.3 is 15.2 Å². The second-order valence-corrected chi connectivity index (χ2v) is 6.42. The summed E-state index contributed by atoms with van der Waals surface area (Å²) in [6, 6.07) is 11.7.